The molecule has 3 heteroatoms. The number of nitrogens with zero attached hydrogens (tertiary/aromatic N) is 2. The fourth-order valence-corrected chi connectivity index (χ4v) is 2.21. The molecule has 0 saturated carbocycles. The average Bonchev–Trinajstić information content (AvgIpc) is 2.64. The third kappa shape index (κ3) is 2.79. The summed E-state index contributed by atoms with van der Waals surface area (Å²) < 4.78 is 2.20. The van der Waals surface area contributed by atoms with Crippen molar-refractivity contribution in [2.75, 3.05) is 6.54 Å². The first-order valence-corrected chi connectivity index (χ1v) is 6.39. The summed E-state index contributed by atoms with van der Waals surface area (Å²) in [5.74, 6) is 1.05. The molecule has 2 N–H and O–H groups in total. The molecular weight excluding hydrogens is 222 g/mol. The van der Waals surface area contributed by atoms with Gasteiger partial charge in [-0.25, -0.2) is 4.98 Å². The van der Waals surface area contributed by atoms with Crippen molar-refractivity contribution >= 4 is 0 Å². The van der Waals surface area contributed by atoms with Crippen LogP contribution in [-0.4, -0.2) is 16.1 Å². The summed E-state index contributed by atoms with van der Waals surface area (Å²) in [5.41, 5.74) is 10.6. The lowest BCUT2D eigenvalue weighted by Crippen LogP contribution is -2.03. The highest BCUT2D eigenvalue weighted by molar-refractivity contribution is 5.30. The van der Waals surface area contributed by atoms with Crippen LogP contribution < -0.4 is 5.73 Å². The van der Waals surface area contributed by atoms with Crippen molar-refractivity contribution in [2.24, 2.45) is 5.73 Å². The third-order valence-electron chi connectivity index (χ3n) is 3.27. The number of rotatable bonds is 4. The zero-order valence-electron chi connectivity index (χ0n) is 11.4. The van der Waals surface area contributed by atoms with E-state index in [1.165, 1.54) is 16.7 Å². The number of imidazole rings is 1. The first-order chi connectivity index (χ1) is 8.60. The van der Waals surface area contributed by atoms with E-state index in [2.05, 4.69) is 47.8 Å². The molecule has 0 radical (unpaired) electrons. The van der Waals surface area contributed by atoms with Crippen molar-refractivity contribution < 1.29 is 0 Å². The molecule has 1 aromatic heterocycles. The Kier molecular flexibility index (Phi) is 3.82. The Morgan fingerprint density at radius 3 is 2.67 bits per heavy atom. The molecule has 0 unspecified atom stereocenters. The topological polar surface area (TPSA) is 43.8 Å². The summed E-state index contributed by atoms with van der Waals surface area (Å²) in [5, 5.41) is 0. The van der Waals surface area contributed by atoms with Crippen molar-refractivity contribution in [1.29, 1.82) is 0 Å². The summed E-state index contributed by atoms with van der Waals surface area (Å²) in [7, 11) is 0. The molecule has 0 atom stereocenters. The van der Waals surface area contributed by atoms with Crippen LogP contribution in [0.1, 0.15) is 28.2 Å². The Morgan fingerprint density at radius 2 is 2.00 bits per heavy atom. The van der Waals surface area contributed by atoms with E-state index in [-0.39, 0.29) is 0 Å². The molecule has 0 bridgehead atoms. The second kappa shape index (κ2) is 5.36. The zero-order chi connectivity index (χ0) is 13.1. The minimum atomic E-state index is 0.653. The molecule has 0 amide bonds. The molecule has 0 aliphatic heterocycles. The largest absolute Gasteiger partial charge is 0.330 e. The highest BCUT2D eigenvalue weighted by Crippen LogP contribution is 2.14. The van der Waals surface area contributed by atoms with Crippen LogP contribution in [0.3, 0.4) is 0 Å². The second-order valence-corrected chi connectivity index (χ2v) is 4.88. The SMILES string of the molecule is Cc1ccc(Cn2cc(CCN)nc2C)c(C)c1. The maximum absolute atomic E-state index is 5.56. The number of aryl methyl sites for hydroxylation is 3. The minimum absolute atomic E-state index is 0.653. The molecule has 0 spiro atoms. The zero-order valence-corrected chi connectivity index (χ0v) is 11.4. The first-order valence-electron chi connectivity index (χ1n) is 6.39. The van der Waals surface area contributed by atoms with Gasteiger partial charge in [0.15, 0.2) is 0 Å². The Balaban J connectivity index is 2.22. The molecule has 1 aromatic carbocycles. The van der Waals surface area contributed by atoms with Crippen molar-refractivity contribution in [3.05, 3.63) is 52.6 Å². The molecule has 2 aromatic rings. The van der Waals surface area contributed by atoms with Gasteiger partial charge in [-0.15, -0.1) is 0 Å². The van der Waals surface area contributed by atoms with Crippen LogP contribution in [0.4, 0.5) is 0 Å². The summed E-state index contributed by atoms with van der Waals surface area (Å²) >= 11 is 0. The van der Waals surface area contributed by atoms with Gasteiger partial charge in [0.05, 0.1) is 5.69 Å². The van der Waals surface area contributed by atoms with Gasteiger partial charge in [0, 0.05) is 19.2 Å². The number of nitrogens with two attached hydrogens (primary N) is 1. The van der Waals surface area contributed by atoms with Crippen LogP contribution in [0.15, 0.2) is 24.4 Å². The Labute approximate surface area is 109 Å². The lowest BCUT2D eigenvalue weighted by molar-refractivity contribution is 0.757. The summed E-state index contributed by atoms with van der Waals surface area (Å²) in [6, 6.07) is 6.59. The van der Waals surface area contributed by atoms with Gasteiger partial charge in [0.1, 0.15) is 5.82 Å². The van der Waals surface area contributed by atoms with Gasteiger partial charge >= 0.3 is 0 Å². The van der Waals surface area contributed by atoms with E-state index in [0.29, 0.717) is 6.54 Å². The predicted molar refractivity (Wildman–Crippen MR) is 74.7 cm³/mol. The van der Waals surface area contributed by atoms with Crippen LogP contribution in [0.25, 0.3) is 0 Å². The van der Waals surface area contributed by atoms with Crippen LogP contribution >= 0.6 is 0 Å². The second-order valence-electron chi connectivity index (χ2n) is 4.88. The molecule has 96 valence electrons. The van der Waals surface area contributed by atoms with Gasteiger partial charge in [0.2, 0.25) is 0 Å². The van der Waals surface area contributed by atoms with Crippen LogP contribution in [-0.2, 0) is 13.0 Å². The van der Waals surface area contributed by atoms with E-state index in [0.717, 1.165) is 24.5 Å². The average molecular weight is 243 g/mol. The van der Waals surface area contributed by atoms with E-state index < -0.39 is 0 Å². The third-order valence-corrected chi connectivity index (χ3v) is 3.27. The molecule has 0 fully saturated rings. The lowest BCUT2D eigenvalue weighted by atomic mass is 10.1. The summed E-state index contributed by atoms with van der Waals surface area (Å²) in [4.78, 5) is 4.53. The molecule has 3 nitrogen and oxygen atoms in total. The Bertz CT molecular complexity index is 541. The van der Waals surface area contributed by atoms with E-state index in [9.17, 15) is 0 Å². The van der Waals surface area contributed by atoms with E-state index in [1.54, 1.807) is 0 Å². The molecule has 2 rings (SSSR count). The number of benzene rings is 1. The van der Waals surface area contributed by atoms with E-state index in [4.69, 9.17) is 5.73 Å². The van der Waals surface area contributed by atoms with Gasteiger partial charge in [0.25, 0.3) is 0 Å². The van der Waals surface area contributed by atoms with Gasteiger partial charge < -0.3 is 10.3 Å². The van der Waals surface area contributed by atoms with Crippen molar-refractivity contribution in [1.82, 2.24) is 9.55 Å². The predicted octanol–water partition coefficient (Wildman–Crippen LogP) is 2.36. The number of hydrogen-bond acceptors (Lipinski definition) is 2. The molecule has 0 aliphatic carbocycles. The van der Waals surface area contributed by atoms with Gasteiger partial charge in [-0.2, -0.15) is 0 Å². The Morgan fingerprint density at radius 1 is 1.22 bits per heavy atom. The van der Waals surface area contributed by atoms with Crippen molar-refractivity contribution in [3.63, 3.8) is 0 Å². The van der Waals surface area contributed by atoms with Crippen LogP contribution in [0, 0.1) is 20.8 Å². The number of aromatic nitrogens is 2. The van der Waals surface area contributed by atoms with Gasteiger partial charge in [-0.3, -0.25) is 0 Å². The smallest absolute Gasteiger partial charge is 0.106 e. The van der Waals surface area contributed by atoms with Crippen molar-refractivity contribution in [2.45, 2.75) is 33.7 Å². The number of hydrogen-bond donors (Lipinski definition) is 1. The van der Waals surface area contributed by atoms with Crippen LogP contribution in [0.5, 0.6) is 0 Å². The van der Waals surface area contributed by atoms with Gasteiger partial charge in [-0.05, 0) is 38.4 Å². The first kappa shape index (κ1) is 12.8. The van der Waals surface area contributed by atoms with Gasteiger partial charge in [-0.1, -0.05) is 23.8 Å². The molecule has 18 heavy (non-hydrogen) atoms. The maximum Gasteiger partial charge on any atom is 0.106 e. The fourth-order valence-electron chi connectivity index (χ4n) is 2.21. The fraction of sp³-hybridized carbons (Fsp3) is 0.400. The normalized spacial score (nSPS) is 10.9. The van der Waals surface area contributed by atoms with E-state index >= 15 is 0 Å². The van der Waals surface area contributed by atoms with E-state index in [1.807, 2.05) is 6.92 Å². The maximum atomic E-state index is 5.56. The summed E-state index contributed by atoms with van der Waals surface area (Å²) in [6.45, 7) is 7.87. The quantitative estimate of drug-likeness (QED) is 0.896. The highest BCUT2D eigenvalue weighted by atomic mass is 15.1. The van der Waals surface area contributed by atoms with Crippen molar-refractivity contribution in [3.8, 4) is 0 Å². The summed E-state index contributed by atoms with van der Waals surface area (Å²) in [6.07, 6.45) is 2.96. The molecular formula is C15H21N3. The molecule has 0 aliphatic rings. The monoisotopic (exact) mass is 243 g/mol. The molecule has 0 saturated heterocycles. The Hall–Kier alpha value is -1.61. The lowest BCUT2D eigenvalue weighted by Gasteiger charge is -2.09. The van der Waals surface area contributed by atoms with Crippen LogP contribution in [0.2, 0.25) is 0 Å². The molecule has 1 heterocycles. The highest BCUT2D eigenvalue weighted by Gasteiger charge is 2.05. The standard InChI is InChI=1S/C15H21N3/c1-11-4-5-14(12(2)8-11)9-18-10-15(6-7-16)17-13(18)3/h4-5,8,10H,6-7,9,16H2,1-3H3. The minimum Gasteiger partial charge on any atom is -0.330 e.